The zero-order chi connectivity index (χ0) is 14.1. The predicted molar refractivity (Wildman–Crippen MR) is 76.1 cm³/mol. The second kappa shape index (κ2) is 8.98. The van der Waals surface area contributed by atoms with Crippen molar-refractivity contribution in [2.24, 2.45) is 5.73 Å². The molecule has 0 saturated carbocycles. The fourth-order valence-electron chi connectivity index (χ4n) is 2.14. The van der Waals surface area contributed by atoms with Crippen LogP contribution in [0.2, 0.25) is 0 Å². The van der Waals surface area contributed by atoms with Crippen LogP contribution in [0.1, 0.15) is 17.2 Å². The number of hydrogen-bond donors (Lipinski definition) is 1. The van der Waals surface area contributed by atoms with Gasteiger partial charge in [-0.05, 0) is 24.1 Å². The Kier molecular flexibility index (Phi) is 7.59. The first-order chi connectivity index (χ1) is 9.24. The van der Waals surface area contributed by atoms with Gasteiger partial charge in [0.15, 0.2) is 0 Å². The third kappa shape index (κ3) is 4.87. The van der Waals surface area contributed by atoms with Crippen LogP contribution in [0.4, 0.5) is 0 Å². The monoisotopic (exact) mass is 267 g/mol. The number of aromatic nitrogens is 1. The standard InChI is InChI=1S/C14H25N3O2/c1-12-4-5-16-11-13(12)14(10-15)17(6-8-18-2)7-9-19-3/h4-5,11,14H,6-10,15H2,1-3H3. The molecule has 1 aromatic rings. The first-order valence-electron chi connectivity index (χ1n) is 6.57. The maximum Gasteiger partial charge on any atom is 0.0589 e. The van der Waals surface area contributed by atoms with Crippen LogP contribution in [-0.4, -0.2) is 57.0 Å². The lowest BCUT2D eigenvalue weighted by molar-refractivity contribution is 0.0888. The maximum atomic E-state index is 5.97. The fraction of sp³-hybridized carbons (Fsp3) is 0.643. The van der Waals surface area contributed by atoms with E-state index in [1.807, 2.05) is 12.3 Å². The molecule has 1 aromatic heterocycles. The highest BCUT2D eigenvalue weighted by Gasteiger charge is 2.20. The number of ether oxygens (including phenoxy) is 2. The van der Waals surface area contributed by atoms with Crippen LogP contribution in [-0.2, 0) is 9.47 Å². The second-order valence-corrected chi connectivity index (χ2v) is 4.51. The highest BCUT2D eigenvalue weighted by atomic mass is 16.5. The van der Waals surface area contributed by atoms with Crippen molar-refractivity contribution < 1.29 is 9.47 Å². The van der Waals surface area contributed by atoms with Crippen molar-refractivity contribution in [2.45, 2.75) is 13.0 Å². The number of nitrogens with zero attached hydrogens (tertiary/aromatic N) is 2. The van der Waals surface area contributed by atoms with E-state index in [1.165, 1.54) is 11.1 Å². The van der Waals surface area contributed by atoms with E-state index in [1.54, 1.807) is 20.4 Å². The third-order valence-corrected chi connectivity index (χ3v) is 3.27. The zero-order valence-corrected chi connectivity index (χ0v) is 12.1. The summed E-state index contributed by atoms with van der Waals surface area (Å²) in [6, 6.07) is 2.17. The number of nitrogens with two attached hydrogens (primary N) is 1. The summed E-state index contributed by atoms with van der Waals surface area (Å²) in [6.07, 6.45) is 3.71. The summed E-state index contributed by atoms with van der Waals surface area (Å²) in [4.78, 5) is 6.50. The molecule has 0 fully saturated rings. The van der Waals surface area contributed by atoms with Gasteiger partial charge in [-0.15, -0.1) is 0 Å². The van der Waals surface area contributed by atoms with Crippen molar-refractivity contribution in [2.75, 3.05) is 47.1 Å². The number of aryl methyl sites for hydroxylation is 1. The fourth-order valence-corrected chi connectivity index (χ4v) is 2.14. The molecule has 5 nitrogen and oxygen atoms in total. The Morgan fingerprint density at radius 3 is 2.37 bits per heavy atom. The lowest BCUT2D eigenvalue weighted by atomic mass is 10.0. The lowest BCUT2D eigenvalue weighted by Gasteiger charge is -2.31. The third-order valence-electron chi connectivity index (χ3n) is 3.27. The summed E-state index contributed by atoms with van der Waals surface area (Å²) in [5.74, 6) is 0. The minimum Gasteiger partial charge on any atom is -0.383 e. The van der Waals surface area contributed by atoms with E-state index < -0.39 is 0 Å². The molecule has 0 spiro atoms. The van der Waals surface area contributed by atoms with Gasteiger partial charge in [-0.3, -0.25) is 9.88 Å². The summed E-state index contributed by atoms with van der Waals surface area (Å²) in [6.45, 7) is 5.66. The second-order valence-electron chi connectivity index (χ2n) is 4.51. The number of pyridine rings is 1. The molecular formula is C14H25N3O2. The van der Waals surface area contributed by atoms with Crippen molar-refractivity contribution in [3.05, 3.63) is 29.6 Å². The Morgan fingerprint density at radius 2 is 1.89 bits per heavy atom. The molecule has 1 unspecified atom stereocenters. The van der Waals surface area contributed by atoms with Crippen molar-refractivity contribution in [3.8, 4) is 0 Å². The summed E-state index contributed by atoms with van der Waals surface area (Å²) < 4.78 is 10.3. The SMILES string of the molecule is COCCN(CCOC)C(CN)c1cnccc1C. The zero-order valence-electron chi connectivity index (χ0n) is 12.1. The van der Waals surface area contributed by atoms with Gasteiger partial charge in [0.2, 0.25) is 0 Å². The molecule has 19 heavy (non-hydrogen) atoms. The minimum atomic E-state index is 0.152. The van der Waals surface area contributed by atoms with Crippen LogP contribution < -0.4 is 5.73 Å². The van der Waals surface area contributed by atoms with Gasteiger partial charge in [-0.2, -0.15) is 0 Å². The van der Waals surface area contributed by atoms with Crippen LogP contribution in [0.25, 0.3) is 0 Å². The van der Waals surface area contributed by atoms with Crippen molar-refractivity contribution in [1.29, 1.82) is 0 Å². The molecule has 0 radical (unpaired) electrons. The van der Waals surface area contributed by atoms with E-state index >= 15 is 0 Å². The van der Waals surface area contributed by atoms with Gasteiger partial charge in [0.1, 0.15) is 0 Å². The molecule has 0 aliphatic heterocycles. The highest BCUT2D eigenvalue weighted by molar-refractivity contribution is 5.25. The van der Waals surface area contributed by atoms with Gasteiger partial charge in [0.25, 0.3) is 0 Å². The van der Waals surface area contributed by atoms with Crippen LogP contribution >= 0.6 is 0 Å². The first-order valence-corrected chi connectivity index (χ1v) is 6.57. The lowest BCUT2D eigenvalue weighted by Crippen LogP contribution is -2.38. The molecule has 0 aromatic carbocycles. The largest absolute Gasteiger partial charge is 0.383 e. The van der Waals surface area contributed by atoms with Gasteiger partial charge in [0.05, 0.1) is 13.2 Å². The molecule has 5 heteroatoms. The first kappa shape index (κ1) is 16.0. The minimum absolute atomic E-state index is 0.152. The van der Waals surface area contributed by atoms with E-state index in [-0.39, 0.29) is 6.04 Å². The molecule has 0 aliphatic carbocycles. The van der Waals surface area contributed by atoms with E-state index in [0.717, 1.165) is 13.1 Å². The smallest absolute Gasteiger partial charge is 0.0589 e. The quantitative estimate of drug-likeness (QED) is 0.723. The highest BCUT2D eigenvalue weighted by Crippen LogP contribution is 2.21. The number of rotatable bonds is 9. The van der Waals surface area contributed by atoms with Gasteiger partial charge in [-0.25, -0.2) is 0 Å². The van der Waals surface area contributed by atoms with Gasteiger partial charge in [0, 0.05) is 52.3 Å². The Bertz CT molecular complexity index is 352. The van der Waals surface area contributed by atoms with E-state index in [2.05, 4.69) is 16.8 Å². The van der Waals surface area contributed by atoms with Gasteiger partial charge < -0.3 is 15.2 Å². The molecule has 0 bridgehead atoms. The topological polar surface area (TPSA) is 60.6 Å². The van der Waals surface area contributed by atoms with Crippen molar-refractivity contribution >= 4 is 0 Å². The molecule has 1 heterocycles. The summed E-state index contributed by atoms with van der Waals surface area (Å²) >= 11 is 0. The average Bonchev–Trinajstić information content (AvgIpc) is 2.43. The van der Waals surface area contributed by atoms with Crippen LogP contribution in [0.3, 0.4) is 0 Å². The molecule has 0 aliphatic rings. The van der Waals surface area contributed by atoms with E-state index in [0.29, 0.717) is 19.8 Å². The maximum absolute atomic E-state index is 5.97. The molecule has 2 N–H and O–H groups in total. The van der Waals surface area contributed by atoms with Crippen molar-refractivity contribution in [1.82, 2.24) is 9.88 Å². The summed E-state index contributed by atoms with van der Waals surface area (Å²) in [5, 5.41) is 0. The molecule has 0 amide bonds. The van der Waals surface area contributed by atoms with Crippen LogP contribution in [0.5, 0.6) is 0 Å². The van der Waals surface area contributed by atoms with E-state index in [9.17, 15) is 0 Å². The molecular weight excluding hydrogens is 242 g/mol. The van der Waals surface area contributed by atoms with Crippen molar-refractivity contribution in [3.63, 3.8) is 0 Å². The normalized spacial score (nSPS) is 12.9. The van der Waals surface area contributed by atoms with Gasteiger partial charge in [-0.1, -0.05) is 0 Å². The number of methoxy groups -OCH3 is 2. The number of hydrogen-bond acceptors (Lipinski definition) is 5. The van der Waals surface area contributed by atoms with Crippen LogP contribution in [0.15, 0.2) is 18.5 Å². The Hall–Kier alpha value is -1.01. The Morgan fingerprint density at radius 1 is 1.26 bits per heavy atom. The molecule has 0 saturated heterocycles. The Balaban J connectivity index is 2.85. The van der Waals surface area contributed by atoms with Gasteiger partial charge >= 0.3 is 0 Å². The summed E-state index contributed by atoms with van der Waals surface area (Å²) in [7, 11) is 3.42. The average molecular weight is 267 g/mol. The molecule has 108 valence electrons. The van der Waals surface area contributed by atoms with E-state index in [4.69, 9.17) is 15.2 Å². The Labute approximate surface area is 115 Å². The predicted octanol–water partition coefficient (Wildman–Crippen LogP) is 0.985. The molecule has 1 atom stereocenters. The van der Waals surface area contributed by atoms with Crippen LogP contribution in [0, 0.1) is 6.92 Å². The summed E-state index contributed by atoms with van der Waals surface area (Å²) in [5.41, 5.74) is 8.36. The molecule has 1 rings (SSSR count).